The van der Waals surface area contributed by atoms with Crippen LogP contribution in [0.4, 0.5) is 0 Å². The summed E-state index contributed by atoms with van der Waals surface area (Å²) in [7, 11) is -3.47. The van der Waals surface area contributed by atoms with Crippen LogP contribution >= 0.6 is 0 Å². The molecule has 1 saturated carbocycles. The zero-order valence-corrected chi connectivity index (χ0v) is 9.78. The van der Waals surface area contributed by atoms with E-state index in [1.165, 1.54) is 0 Å². The van der Waals surface area contributed by atoms with E-state index in [1.54, 1.807) is 30.3 Å². The van der Waals surface area contributed by atoms with Gasteiger partial charge in [0.2, 0.25) is 10.0 Å². The fraction of sp³-hybridized carbons (Fsp3) is 0.364. The molecule has 5 heteroatoms. The lowest BCUT2D eigenvalue weighted by atomic mass is 10.2. The van der Waals surface area contributed by atoms with Crippen LogP contribution in [0.2, 0.25) is 0 Å². The molecular weight excluding hydrogens is 226 g/mol. The Balaban J connectivity index is 2.32. The fourth-order valence-corrected chi connectivity index (χ4v) is 2.76. The largest absolute Gasteiger partial charge is 0.268 e. The minimum atomic E-state index is -3.47. The van der Waals surface area contributed by atoms with Crippen LogP contribution < -0.4 is 0 Å². The van der Waals surface area contributed by atoms with Gasteiger partial charge < -0.3 is 0 Å². The van der Waals surface area contributed by atoms with Crippen LogP contribution in [0.25, 0.3) is 0 Å². The van der Waals surface area contributed by atoms with E-state index < -0.39 is 15.9 Å². The van der Waals surface area contributed by atoms with E-state index in [-0.39, 0.29) is 6.04 Å². The second kappa shape index (κ2) is 3.90. The Labute approximate surface area is 94.9 Å². The maximum atomic E-state index is 12.0. The summed E-state index contributed by atoms with van der Waals surface area (Å²) in [4.78, 5) is 12.0. The molecule has 2 rings (SSSR count). The topological polar surface area (TPSA) is 54.5 Å². The smallest absolute Gasteiger partial charge is 0.267 e. The molecule has 0 heterocycles. The molecule has 0 N–H and O–H groups in total. The number of benzene rings is 1. The van der Waals surface area contributed by atoms with E-state index in [0.29, 0.717) is 5.56 Å². The minimum absolute atomic E-state index is 0.136. The van der Waals surface area contributed by atoms with Gasteiger partial charge in [0.15, 0.2) is 0 Å². The lowest BCUT2D eigenvalue weighted by Crippen LogP contribution is -2.37. The summed E-state index contributed by atoms with van der Waals surface area (Å²) in [6, 6.07) is 8.36. The van der Waals surface area contributed by atoms with Gasteiger partial charge in [-0.05, 0) is 25.0 Å². The predicted octanol–water partition coefficient (Wildman–Crippen LogP) is 1.25. The zero-order chi connectivity index (χ0) is 11.8. The van der Waals surface area contributed by atoms with Gasteiger partial charge in [0, 0.05) is 11.6 Å². The van der Waals surface area contributed by atoms with Crippen LogP contribution in [-0.2, 0) is 10.0 Å². The van der Waals surface area contributed by atoms with Crippen LogP contribution in [0, 0.1) is 0 Å². The summed E-state index contributed by atoms with van der Waals surface area (Å²) < 4.78 is 24.1. The molecule has 0 bridgehead atoms. The molecule has 0 saturated heterocycles. The van der Waals surface area contributed by atoms with E-state index in [4.69, 9.17) is 0 Å². The Bertz CT molecular complexity index is 491. The molecule has 0 spiro atoms. The van der Waals surface area contributed by atoms with Crippen molar-refractivity contribution in [2.45, 2.75) is 18.9 Å². The molecule has 1 aliphatic rings. The maximum absolute atomic E-state index is 12.0. The summed E-state index contributed by atoms with van der Waals surface area (Å²) in [5.41, 5.74) is 0.417. The number of carbonyl (C=O) groups excluding carboxylic acids is 1. The Morgan fingerprint density at radius 3 is 2.25 bits per heavy atom. The van der Waals surface area contributed by atoms with Crippen molar-refractivity contribution in [3.63, 3.8) is 0 Å². The standard InChI is InChI=1S/C11H13NO3S/c1-16(14,15)12(10-7-8-10)11(13)9-5-3-2-4-6-9/h2-6,10H,7-8H2,1H3. The van der Waals surface area contributed by atoms with Gasteiger partial charge in [0.05, 0.1) is 6.26 Å². The summed E-state index contributed by atoms with van der Waals surface area (Å²) in [6.45, 7) is 0. The first-order valence-electron chi connectivity index (χ1n) is 5.09. The third-order valence-electron chi connectivity index (χ3n) is 2.46. The summed E-state index contributed by atoms with van der Waals surface area (Å²) in [5.74, 6) is -0.425. The van der Waals surface area contributed by atoms with Crippen molar-refractivity contribution in [3.05, 3.63) is 35.9 Å². The number of nitrogens with zero attached hydrogens (tertiary/aromatic N) is 1. The third-order valence-corrected chi connectivity index (χ3v) is 3.64. The average Bonchev–Trinajstić information content (AvgIpc) is 3.01. The lowest BCUT2D eigenvalue weighted by molar-refractivity contribution is 0.0856. The number of hydrogen-bond donors (Lipinski definition) is 0. The van der Waals surface area contributed by atoms with Crippen LogP contribution in [0.3, 0.4) is 0 Å². The maximum Gasteiger partial charge on any atom is 0.267 e. The highest BCUT2D eigenvalue weighted by Crippen LogP contribution is 2.30. The van der Waals surface area contributed by atoms with Gasteiger partial charge in [-0.1, -0.05) is 18.2 Å². The molecule has 1 fully saturated rings. The number of amides is 1. The van der Waals surface area contributed by atoms with Crippen molar-refractivity contribution in [1.29, 1.82) is 0 Å². The van der Waals surface area contributed by atoms with E-state index in [1.807, 2.05) is 0 Å². The molecule has 0 aromatic heterocycles. The molecule has 4 nitrogen and oxygen atoms in total. The Morgan fingerprint density at radius 2 is 1.81 bits per heavy atom. The molecule has 16 heavy (non-hydrogen) atoms. The number of carbonyl (C=O) groups is 1. The first-order valence-corrected chi connectivity index (χ1v) is 6.94. The van der Waals surface area contributed by atoms with Gasteiger partial charge in [0.1, 0.15) is 0 Å². The van der Waals surface area contributed by atoms with E-state index >= 15 is 0 Å². The normalized spacial score (nSPS) is 15.8. The number of sulfonamides is 1. The lowest BCUT2D eigenvalue weighted by Gasteiger charge is -2.19. The molecule has 86 valence electrons. The van der Waals surface area contributed by atoms with Gasteiger partial charge in [-0.2, -0.15) is 0 Å². The van der Waals surface area contributed by atoms with Crippen molar-refractivity contribution >= 4 is 15.9 Å². The van der Waals surface area contributed by atoms with Gasteiger partial charge in [0.25, 0.3) is 5.91 Å². The average molecular weight is 239 g/mol. The Kier molecular flexibility index (Phi) is 2.71. The van der Waals surface area contributed by atoms with Gasteiger partial charge >= 0.3 is 0 Å². The molecule has 0 aliphatic heterocycles. The van der Waals surface area contributed by atoms with Crippen LogP contribution in [0.5, 0.6) is 0 Å². The predicted molar refractivity (Wildman–Crippen MR) is 60.5 cm³/mol. The summed E-state index contributed by atoms with van der Waals surface area (Å²) >= 11 is 0. The first-order chi connectivity index (χ1) is 7.50. The van der Waals surface area contributed by atoms with Crippen molar-refractivity contribution < 1.29 is 13.2 Å². The SMILES string of the molecule is CS(=O)(=O)N(C(=O)c1ccccc1)C1CC1. The minimum Gasteiger partial charge on any atom is -0.268 e. The monoisotopic (exact) mass is 239 g/mol. The van der Waals surface area contributed by atoms with Crippen LogP contribution in [0.1, 0.15) is 23.2 Å². The van der Waals surface area contributed by atoms with Gasteiger partial charge in [-0.15, -0.1) is 0 Å². The van der Waals surface area contributed by atoms with E-state index in [9.17, 15) is 13.2 Å². The zero-order valence-electron chi connectivity index (χ0n) is 8.96. The van der Waals surface area contributed by atoms with Crippen molar-refractivity contribution in [1.82, 2.24) is 4.31 Å². The summed E-state index contributed by atoms with van der Waals surface area (Å²) in [6.07, 6.45) is 2.61. The quantitative estimate of drug-likeness (QED) is 0.797. The Hall–Kier alpha value is -1.36. The highest BCUT2D eigenvalue weighted by molar-refractivity contribution is 7.88. The fourth-order valence-electron chi connectivity index (χ4n) is 1.60. The van der Waals surface area contributed by atoms with Gasteiger partial charge in [-0.25, -0.2) is 12.7 Å². The molecule has 1 amide bonds. The number of hydrogen-bond acceptors (Lipinski definition) is 3. The van der Waals surface area contributed by atoms with Gasteiger partial charge in [-0.3, -0.25) is 4.79 Å². The van der Waals surface area contributed by atoms with Crippen molar-refractivity contribution in [2.75, 3.05) is 6.26 Å². The molecular formula is C11H13NO3S. The van der Waals surface area contributed by atoms with Crippen molar-refractivity contribution in [2.24, 2.45) is 0 Å². The number of rotatable bonds is 3. The first kappa shape index (κ1) is 11.1. The highest BCUT2D eigenvalue weighted by atomic mass is 32.2. The van der Waals surface area contributed by atoms with Crippen LogP contribution in [-0.4, -0.2) is 30.9 Å². The molecule has 0 unspecified atom stereocenters. The molecule has 1 aromatic rings. The summed E-state index contributed by atoms with van der Waals surface area (Å²) in [5, 5.41) is 0. The second-order valence-corrected chi connectivity index (χ2v) is 5.82. The second-order valence-electron chi connectivity index (χ2n) is 3.96. The van der Waals surface area contributed by atoms with E-state index in [2.05, 4.69) is 0 Å². The molecule has 0 atom stereocenters. The van der Waals surface area contributed by atoms with E-state index in [0.717, 1.165) is 23.4 Å². The molecule has 0 radical (unpaired) electrons. The third kappa shape index (κ3) is 2.24. The molecule has 1 aromatic carbocycles. The van der Waals surface area contributed by atoms with Crippen LogP contribution in [0.15, 0.2) is 30.3 Å². The van der Waals surface area contributed by atoms with Crippen molar-refractivity contribution in [3.8, 4) is 0 Å². The molecule has 1 aliphatic carbocycles. The highest BCUT2D eigenvalue weighted by Gasteiger charge is 2.38. The Morgan fingerprint density at radius 1 is 1.25 bits per heavy atom.